The summed E-state index contributed by atoms with van der Waals surface area (Å²) in [7, 11) is -2.98. The summed E-state index contributed by atoms with van der Waals surface area (Å²) in [6.45, 7) is 3.24. The van der Waals surface area contributed by atoms with Crippen LogP contribution < -0.4 is 5.32 Å². The van der Waals surface area contributed by atoms with Gasteiger partial charge in [0, 0.05) is 38.4 Å². The first-order valence-electron chi connectivity index (χ1n) is 9.43. The van der Waals surface area contributed by atoms with E-state index >= 15 is 0 Å². The van der Waals surface area contributed by atoms with Crippen LogP contribution in [-0.2, 0) is 14.8 Å². The second kappa shape index (κ2) is 6.28. The molecule has 1 unspecified atom stereocenters. The number of nitrogens with zero attached hydrogens (tertiary/aromatic N) is 1. The van der Waals surface area contributed by atoms with Crippen molar-refractivity contribution in [1.29, 1.82) is 0 Å². The fraction of sp³-hybridized carbons (Fsp3) is 1.00. The number of hydrogen-bond donors (Lipinski definition) is 1. The van der Waals surface area contributed by atoms with E-state index in [-0.39, 0.29) is 5.25 Å². The molecule has 0 aromatic heterocycles. The quantitative estimate of drug-likeness (QED) is 0.847. The lowest BCUT2D eigenvalue weighted by Crippen LogP contribution is -2.52. The van der Waals surface area contributed by atoms with Crippen molar-refractivity contribution in [1.82, 2.24) is 9.62 Å². The second-order valence-corrected chi connectivity index (χ2v) is 10.2. The molecule has 0 radical (unpaired) electrons. The molecule has 0 amide bonds. The summed E-state index contributed by atoms with van der Waals surface area (Å²) in [6.07, 6.45) is 10.00. The third-order valence-corrected chi connectivity index (χ3v) is 8.99. The van der Waals surface area contributed by atoms with Crippen molar-refractivity contribution in [2.45, 2.75) is 75.1 Å². The van der Waals surface area contributed by atoms with Gasteiger partial charge in [-0.25, -0.2) is 12.7 Å². The molecule has 5 nitrogen and oxygen atoms in total. The highest BCUT2D eigenvalue weighted by Crippen LogP contribution is 2.46. The summed E-state index contributed by atoms with van der Waals surface area (Å²) in [4.78, 5) is 0. The minimum absolute atomic E-state index is 0.0626. The number of sulfonamides is 1. The summed E-state index contributed by atoms with van der Waals surface area (Å²) in [6, 6.07) is 1.10. The van der Waals surface area contributed by atoms with Crippen LogP contribution in [0.4, 0.5) is 0 Å². The predicted octanol–water partition coefficient (Wildman–Crippen LogP) is 1.88. The van der Waals surface area contributed by atoms with Crippen LogP contribution in [0.1, 0.15) is 57.8 Å². The first kappa shape index (κ1) is 16.3. The largest absolute Gasteiger partial charge is 0.381 e. The lowest BCUT2D eigenvalue weighted by molar-refractivity contribution is 0.00142. The number of rotatable bonds is 4. The topological polar surface area (TPSA) is 58.6 Å². The fourth-order valence-corrected chi connectivity index (χ4v) is 6.79. The van der Waals surface area contributed by atoms with Crippen molar-refractivity contribution in [3.8, 4) is 0 Å². The van der Waals surface area contributed by atoms with Crippen LogP contribution in [0.3, 0.4) is 0 Å². The van der Waals surface area contributed by atoms with Gasteiger partial charge < -0.3 is 10.1 Å². The van der Waals surface area contributed by atoms with Crippen LogP contribution in [0.5, 0.6) is 0 Å². The molecule has 132 valence electrons. The molecule has 4 rings (SSSR count). The molecule has 2 saturated heterocycles. The first-order valence-corrected chi connectivity index (χ1v) is 10.9. The zero-order valence-electron chi connectivity index (χ0n) is 14.0. The number of ether oxygens (including phenoxy) is 1. The van der Waals surface area contributed by atoms with E-state index in [9.17, 15) is 8.42 Å². The summed E-state index contributed by atoms with van der Waals surface area (Å²) >= 11 is 0. The second-order valence-electron chi connectivity index (χ2n) is 8.00. The van der Waals surface area contributed by atoms with Gasteiger partial charge in [-0.3, -0.25) is 0 Å². The van der Waals surface area contributed by atoms with E-state index in [4.69, 9.17) is 4.74 Å². The minimum atomic E-state index is -2.98. The Morgan fingerprint density at radius 1 is 0.957 bits per heavy atom. The molecule has 1 atom stereocenters. The van der Waals surface area contributed by atoms with E-state index in [0.717, 1.165) is 38.9 Å². The van der Waals surface area contributed by atoms with Crippen LogP contribution in [0.25, 0.3) is 0 Å². The van der Waals surface area contributed by atoms with Crippen LogP contribution in [0, 0.1) is 5.41 Å². The Labute approximate surface area is 140 Å². The molecule has 1 N–H and O–H groups in total. The van der Waals surface area contributed by atoms with E-state index in [1.54, 1.807) is 4.31 Å². The van der Waals surface area contributed by atoms with Crippen molar-refractivity contribution >= 4 is 10.0 Å². The average Bonchev–Trinajstić information content (AvgIpc) is 3.36. The van der Waals surface area contributed by atoms with Gasteiger partial charge in [-0.05, 0) is 56.8 Å². The van der Waals surface area contributed by atoms with Gasteiger partial charge >= 0.3 is 0 Å². The Bertz CT molecular complexity index is 518. The van der Waals surface area contributed by atoms with Crippen molar-refractivity contribution in [2.24, 2.45) is 5.41 Å². The van der Waals surface area contributed by atoms with Gasteiger partial charge in [-0.2, -0.15) is 0 Å². The summed E-state index contributed by atoms with van der Waals surface area (Å²) < 4.78 is 32.0. The predicted molar refractivity (Wildman–Crippen MR) is 89.8 cm³/mol. The lowest BCUT2D eigenvalue weighted by Gasteiger charge is -2.42. The molecule has 0 aromatic rings. The van der Waals surface area contributed by atoms with E-state index in [2.05, 4.69) is 5.32 Å². The maximum absolute atomic E-state index is 12.3. The zero-order chi connectivity index (χ0) is 15.9. The van der Waals surface area contributed by atoms with E-state index < -0.39 is 10.0 Å². The summed E-state index contributed by atoms with van der Waals surface area (Å²) in [5.41, 5.74) is 0.454. The van der Waals surface area contributed by atoms with Crippen molar-refractivity contribution in [2.75, 3.05) is 26.3 Å². The smallest absolute Gasteiger partial charge is 0.216 e. The minimum Gasteiger partial charge on any atom is -0.381 e. The van der Waals surface area contributed by atoms with Gasteiger partial charge in [0.25, 0.3) is 0 Å². The van der Waals surface area contributed by atoms with Gasteiger partial charge in [-0.1, -0.05) is 6.42 Å². The Morgan fingerprint density at radius 3 is 2.30 bits per heavy atom. The summed E-state index contributed by atoms with van der Waals surface area (Å²) in [5.74, 6) is 0. The Balaban J connectivity index is 1.32. The van der Waals surface area contributed by atoms with Gasteiger partial charge in [0.1, 0.15) is 0 Å². The standard InChI is InChI=1S/C17H30N2O3S/c20-23(21,15-3-4-15)19-10-5-14(6-11-19)18-16-2-1-7-17(16)8-12-22-13-9-17/h14-16,18H,1-13H2. The Morgan fingerprint density at radius 2 is 1.65 bits per heavy atom. The number of hydrogen-bond acceptors (Lipinski definition) is 4. The highest BCUT2D eigenvalue weighted by atomic mass is 32.2. The molecule has 6 heteroatoms. The van der Waals surface area contributed by atoms with Crippen molar-refractivity contribution in [3.05, 3.63) is 0 Å². The number of nitrogens with one attached hydrogen (secondary N) is 1. The maximum atomic E-state index is 12.3. The molecule has 0 bridgehead atoms. The van der Waals surface area contributed by atoms with Crippen LogP contribution in [0.2, 0.25) is 0 Å². The third kappa shape index (κ3) is 3.20. The average molecular weight is 343 g/mol. The summed E-state index contributed by atoms with van der Waals surface area (Å²) in [5, 5.41) is 3.86. The van der Waals surface area contributed by atoms with E-state index in [1.165, 1.54) is 32.1 Å². The van der Waals surface area contributed by atoms with Gasteiger partial charge in [0.05, 0.1) is 5.25 Å². The monoisotopic (exact) mass is 342 g/mol. The molecule has 1 spiro atoms. The van der Waals surface area contributed by atoms with Crippen LogP contribution in [-0.4, -0.2) is 56.4 Å². The molecule has 2 heterocycles. The molecule has 0 aromatic carbocycles. The molecule has 2 aliphatic carbocycles. The van der Waals surface area contributed by atoms with Gasteiger partial charge in [0.15, 0.2) is 0 Å². The Hall–Kier alpha value is -0.170. The van der Waals surface area contributed by atoms with Crippen LogP contribution >= 0.6 is 0 Å². The molecular formula is C17H30N2O3S. The molecule has 4 fully saturated rings. The van der Waals surface area contributed by atoms with Gasteiger partial charge in [0.2, 0.25) is 10.0 Å². The molecule has 23 heavy (non-hydrogen) atoms. The fourth-order valence-electron chi connectivity index (χ4n) is 4.91. The zero-order valence-corrected chi connectivity index (χ0v) is 14.8. The lowest BCUT2D eigenvalue weighted by atomic mass is 9.75. The highest BCUT2D eigenvalue weighted by Gasteiger charge is 2.45. The molecule has 2 aliphatic heterocycles. The number of piperidine rings is 1. The van der Waals surface area contributed by atoms with Gasteiger partial charge in [-0.15, -0.1) is 0 Å². The van der Waals surface area contributed by atoms with Crippen molar-refractivity contribution < 1.29 is 13.2 Å². The highest BCUT2D eigenvalue weighted by molar-refractivity contribution is 7.90. The van der Waals surface area contributed by atoms with E-state index in [1.807, 2.05) is 0 Å². The molecule has 2 saturated carbocycles. The third-order valence-electron chi connectivity index (χ3n) is 6.59. The van der Waals surface area contributed by atoms with Crippen molar-refractivity contribution in [3.63, 3.8) is 0 Å². The molecular weight excluding hydrogens is 312 g/mol. The SMILES string of the molecule is O=S(=O)(C1CC1)N1CCC(NC2CCCC23CCOCC3)CC1. The molecule has 4 aliphatic rings. The van der Waals surface area contributed by atoms with Crippen LogP contribution in [0.15, 0.2) is 0 Å². The maximum Gasteiger partial charge on any atom is 0.216 e. The first-order chi connectivity index (χ1) is 11.1. The van der Waals surface area contributed by atoms with E-state index in [0.29, 0.717) is 30.6 Å². The normalized spacial score (nSPS) is 33.3. The Kier molecular flexibility index (Phi) is 4.45.